The van der Waals surface area contributed by atoms with Gasteiger partial charge < -0.3 is 16.0 Å². The molecule has 10 heteroatoms. The number of nitrogens with zero attached hydrogens (tertiary/aromatic N) is 2. The maximum atomic E-state index is 12.4. The lowest BCUT2D eigenvalue weighted by molar-refractivity contribution is -0.121. The fourth-order valence-electron chi connectivity index (χ4n) is 2.62. The van der Waals surface area contributed by atoms with Gasteiger partial charge >= 0.3 is 0 Å². The summed E-state index contributed by atoms with van der Waals surface area (Å²) >= 11 is 8.73. The SMILES string of the molecule is CCC(Sc1nc(CC(=O)NC(C)c2nc3ccc(Cl)cc3[nH]2)cs1)C(N)=O. The number of nitrogens with two attached hydrogens (primary N) is 1. The molecule has 2 unspecified atom stereocenters. The Morgan fingerprint density at radius 1 is 1.39 bits per heavy atom. The molecule has 0 aliphatic rings. The highest BCUT2D eigenvalue weighted by Crippen LogP contribution is 2.28. The van der Waals surface area contributed by atoms with Crippen LogP contribution in [-0.4, -0.2) is 32.0 Å². The molecule has 148 valence electrons. The van der Waals surface area contributed by atoms with Crippen LogP contribution >= 0.6 is 34.7 Å². The van der Waals surface area contributed by atoms with E-state index in [9.17, 15) is 9.59 Å². The van der Waals surface area contributed by atoms with Crippen LogP contribution in [-0.2, 0) is 16.0 Å². The number of carbonyl (C=O) groups excluding carboxylic acids is 2. The molecule has 0 radical (unpaired) electrons. The fourth-order valence-corrected chi connectivity index (χ4v) is 4.75. The first kappa shape index (κ1) is 20.6. The molecule has 0 spiro atoms. The molecule has 0 fully saturated rings. The molecule has 4 N–H and O–H groups in total. The van der Waals surface area contributed by atoms with E-state index >= 15 is 0 Å². The van der Waals surface area contributed by atoms with E-state index in [-0.39, 0.29) is 29.5 Å². The lowest BCUT2D eigenvalue weighted by atomic mass is 10.2. The van der Waals surface area contributed by atoms with Gasteiger partial charge in [0.15, 0.2) is 4.34 Å². The Bertz CT molecular complexity index is 1000. The van der Waals surface area contributed by atoms with Crippen LogP contribution in [0.15, 0.2) is 27.9 Å². The number of hydrogen-bond donors (Lipinski definition) is 3. The second-order valence-corrected chi connectivity index (χ2v) is 9.02. The van der Waals surface area contributed by atoms with Gasteiger partial charge in [-0.3, -0.25) is 9.59 Å². The van der Waals surface area contributed by atoms with E-state index in [2.05, 4.69) is 20.3 Å². The van der Waals surface area contributed by atoms with Gasteiger partial charge in [0, 0.05) is 10.4 Å². The summed E-state index contributed by atoms with van der Waals surface area (Å²) < 4.78 is 0.732. The normalized spacial score (nSPS) is 13.4. The minimum atomic E-state index is -0.358. The van der Waals surface area contributed by atoms with Crippen LogP contribution in [0.25, 0.3) is 11.0 Å². The summed E-state index contributed by atoms with van der Waals surface area (Å²) in [6.07, 6.45) is 0.788. The number of halogens is 1. The van der Waals surface area contributed by atoms with Crippen molar-refractivity contribution in [3.05, 3.63) is 40.1 Å². The van der Waals surface area contributed by atoms with Crippen molar-refractivity contribution in [2.75, 3.05) is 0 Å². The molecule has 0 aliphatic carbocycles. The molecule has 2 atom stereocenters. The van der Waals surface area contributed by atoms with Gasteiger partial charge in [-0.2, -0.15) is 0 Å². The molecule has 0 bridgehead atoms. The van der Waals surface area contributed by atoms with E-state index in [1.165, 1.54) is 23.1 Å². The van der Waals surface area contributed by atoms with E-state index in [0.29, 0.717) is 23.0 Å². The smallest absolute Gasteiger partial charge is 0.230 e. The summed E-state index contributed by atoms with van der Waals surface area (Å²) in [5.41, 5.74) is 7.64. The third kappa shape index (κ3) is 5.03. The Kier molecular flexibility index (Phi) is 6.58. The number of thioether (sulfide) groups is 1. The second-order valence-electron chi connectivity index (χ2n) is 6.27. The van der Waals surface area contributed by atoms with Crippen molar-refractivity contribution < 1.29 is 9.59 Å². The zero-order valence-electron chi connectivity index (χ0n) is 15.4. The molecule has 1 aromatic carbocycles. The average molecular weight is 438 g/mol. The monoisotopic (exact) mass is 437 g/mol. The number of aromatic nitrogens is 3. The summed E-state index contributed by atoms with van der Waals surface area (Å²) in [5.74, 6) is 0.144. The van der Waals surface area contributed by atoms with Crippen molar-refractivity contribution in [3.8, 4) is 0 Å². The van der Waals surface area contributed by atoms with Gasteiger partial charge in [-0.15, -0.1) is 11.3 Å². The van der Waals surface area contributed by atoms with Crippen LogP contribution in [0.4, 0.5) is 0 Å². The zero-order chi connectivity index (χ0) is 20.3. The number of benzene rings is 1. The topological polar surface area (TPSA) is 114 Å². The molecule has 2 amide bonds. The van der Waals surface area contributed by atoms with E-state index in [4.69, 9.17) is 17.3 Å². The Morgan fingerprint density at radius 2 is 2.18 bits per heavy atom. The average Bonchev–Trinajstić information content (AvgIpc) is 3.25. The van der Waals surface area contributed by atoms with Crippen molar-refractivity contribution in [1.29, 1.82) is 0 Å². The van der Waals surface area contributed by atoms with Crippen molar-refractivity contribution in [2.24, 2.45) is 5.73 Å². The van der Waals surface area contributed by atoms with Gasteiger partial charge in [0.2, 0.25) is 11.8 Å². The second kappa shape index (κ2) is 8.93. The van der Waals surface area contributed by atoms with Gasteiger partial charge in [-0.25, -0.2) is 9.97 Å². The largest absolute Gasteiger partial charge is 0.369 e. The highest BCUT2D eigenvalue weighted by atomic mass is 35.5. The summed E-state index contributed by atoms with van der Waals surface area (Å²) in [4.78, 5) is 35.8. The maximum absolute atomic E-state index is 12.4. The van der Waals surface area contributed by atoms with E-state index in [0.717, 1.165) is 15.4 Å². The molecular weight excluding hydrogens is 418 g/mol. The molecule has 3 rings (SSSR count). The number of fused-ring (bicyclic) bond motifs is 1. The number of primary amides is 1. The van der Waals surface area contributed by atoms with Crippen LogP contribution in [0.2, 0.25) is 5.02 Å². The molecule has 2 aromatic heterocycles. The number of nitrogens with one attached hydrogen (secondary N) is 2. The first-order valence-corrected chi connectivity index (χ1v) is 10.8. The van der Waals surface area contributed by atoms with Gasteiger partial charge in [-0.1, -0.05) is 30.3 Å². The lowest BCUT2D eigenvalue weighted by Gasteiger charge is -2.10. The molecular formula is C18H20ClN5O2S2. The summed E-state index contributed by atoms with van der Waals surface area (Å²) in [5, 5.41) is 5.05. The number of aromatic amines is 1. The Balaban J connectivity index is 1.59. The van der Waals surface area contributed by atoms with Gasteiger partial charge in [0.25, 0.3) is 0 Å². The predicted molar refractivity (Wildman–Crippen MR) is 113 cm³/mol. The number of carbonyl (C=O) groups is 2. The Morgan fingerprint density at radius 3 is 2.89 bits per heavy atom. The molecule has 0 aliphatic heterocycles. The number of rotatable bonds is 8. The highest BCUT2D eigenvalue weighted by molar-refractivity contribution is 8.02. The fraction of sp³-hybridized carbons (Fsp3) is 0.333. The predicted octanol–water partition coefficient (Wildman–Crippen LogP) is 3.45. The van der Waals surface area contributed by atoms with Crippen molar-refractivity contribution in [1.82, 2.24) is 20.3 Å². The van der Waals surface area contributed by atoms with Crippen LogP contribution in [0.1, 0.15) is 37.8 Å². The maximum Gasteiger partial charge on any atom is 0.230 e. The summed E-state index contributed by atoms with van der Waals surface area (Å²) in [6, 6.07) is 5.12. The molecule has 7 nitrogen and oxygen atoms in total. The molecule has 2 heterocycles. The van der Waals surface area contributed by atoms with Crippen molar-refractivity contribution >= 4 is 57.5 Å². The zero-order valence-corrected chi connectivity index (χ0v) is 17.7. The molecule has 0 saturated carbocycles. The van der Waals surface area contributed by atoms with E-state index < -0.39 is 0 Å². The summed E-state index contributed by atoms with van der Waals surface area (Å²) in [7, 11) is 0. The van der Waals surface area contributed by atoms with E-state index in [1.54, 1.807) is 12.1 Å². The van der Waals surface area contributed by atoms with Crippen molar-refractivity contribution in [2.45, 2.75) is 42.3 Å². The number of thiazole rings is 1. The van der Waals surface area contributed by atoms with Gasteiger partial charge in [0.1, 0.15) is 5.82 Å². The molecule has 0 saturated heterocycles. The molecule has 3 aromatic rings. The van der Waals surface area contributed by atoms with E-state index in [1.807, 2.05) is 25.3 Å². The number of hydrogen-bond acceptors (Lipinski definition) is 6. The first-order valence-electron chi connectivity index (χ1n) is 8.70. The van der Waals surface area contributed by atoms with Crippen LogP contribution < -0.4 is 11.1 Å². The quantitative estimate of drug-likeness (QED) is 0.467. The van der Waals surface area contributed by atoms with Gasteiger partial charge in [-0.05, 0) is 31.5 Å². The minimum absolute atomic E-state index is 0.154. The number of imidazole rings is 1. The standard InChI is InChI=1S/C18H20ClN5O2S2/c1-3-14(16(20)26)28-18-22-11(8-27-18)7-15(25)21-9(2)17-23-12-5-4-10(19)6-13(12)24-17/h4-6,8-9,14H,3,7H2,1-2H3,(H2,20,26)(H,21,25)(H,23,24). The first-order chi connectivity index (χ1) is 13.4. The number of H-pyrrole nitrogens is 1. The third-order valence-electron chi connectivity index (χ3n) is 4.05. The van der Waals surface area contributed by atoms with Crippen LogP contribution in [0.5, 0.6) is 0 Å². The highest BCUT2D eigenvalue weighted by Gasteiger charge is 2.18. The molecule has 28 heavy (non-hydrogen) atoms. The minimum Gasteiger partial charge on any atom is -0.369 e. The lowest BCUT2D eigenvalue weighted by Crippen LogP contribution is -2.28. The van der Waals surface area contributed by atoms with Crippen LogP contribution in [0, 0.1) is 0 Å². The number of amides is 2. The van der Waals surface area contributed by atoms with Gasteiger partial charge in [0.05, 0.1) is 34.4 Å². The third-order valence-corrected chi connectivity index (χ3v) is 6.69. The summed E-state index contributed by atoms with van der Waals surface area (Å²) in [6.45, 7) is 3.76. The Labute approximate surface area is 175 Å². The van der Waals surface area contributed by atoms with Crippen molar-refractivity contribution in [3.63, 3.8) is 0 Å². The Hall–Kier alpha value is -2.10. The van der Waals surface area contributed by atoms with Crippen LogP contribution in [0.3, 0.4) is 0 Å².